The first-order chi connectivity index (χ1) is 15.6. The average molecular weight is 476 g/mol. The minimum atomic E-state index is -4.07. The summed E-state index contributed by atoms with van der Waals surface area (Å²) in [5, 5.41) is 0. The second kappa shape index (κ2) is 10.5. The fraction of sp³-hybridized carbons (Fsp3) is 0.500. The number of benzene rings is 1. The van der Waals surface area contributed by atoms with Crippen LogP contribution in [0.4, 0.5) is 0 Å². The molecule has 0 bridgehead atoms. The number of aromatic amines is 1. The van der Waals surface area contributed by atoms with Gasteiger partial charge in [0.05, 0.1) is 13.2 Å². The molecule has 0 spiro atoms. The Morgan fingerprint density at radius 3 is 2.36 bits per heavy atom. The van der Waals surface area contributed by atoms with E-state index in [-0.39, 0.29) is 29.5 Å². The van der Waals surface area contributed by atoms with Crippen LogP contribution in [0.3, 0.4) is 0 Å². The molecule has 1 fully saturated rings. The normalized spacial score (nSPS) is 15.1. The van der Waals surface area contributed by atoms with E-state index in [0.717, 1.165) is 23.6 Å². The highest BCUT2D eigenvalue weighted by atomic mass is 32.2. The van der Waals surface area contributed by atoms with Gasteiger partial charge in [0, 0.05) is 31.5 Å². The van der Waals surface area contributed by atoms with E-state index in [9.17, 15) is 18.0 Å². The Morgan fingerprint density at radius 1 is 1.12 bits per heavy atom. The maximum absolute atomic E-state index is 13.3. The topological polar surface area (TPSA) is 99.8 Å². The molecule has 0 aliphatic carbocycles. The minimum Gasteiger partial charge on any atom is -0.462 e. The van der Waals surface area contributed by atoms with Gasteiger partial charge in [-0.2, -0.15) is 4.31 Å². The molecule has 0 saturated carbocycles. The highest BCUT2D eigenvalue weighted by Gasteiger charge is 2.34. The molecule has 9 heteroatoms. The summed E-state index contributed by atoms with van der Waals surface area (Å²) in [5.41, 5.74) is 2.05. The van der Waals surface area contributed by atoms with Crippen molar-refractivity contribution >= 4 is 21.9 Å². The van der Waals surface area contributed by atoms with Gasteiger partial charge in [-0.1, -0.05) is 30.3 Å². The molecule has 33 heavy (non-hydrogen) atoms. The van der Waals surface area contributed by atoms with Gasteiger partial charge < -0.3 is 14.6 Å². The number of aryl methyl sites for hydroxylation is 2. The molecular formula is C24H33N3O5S. The van der Waals surface area contributed by atoms with Crippen LogP contribution in [0, 0.1) is 19.8 Å². The molecule has 0 radical (unpaired) electrons. The lowest BCUT2D eigenvalue weighted by Crippen LogP contribution is -2.45. The third-order valence-electron chi connectivity index (χ3n) is 6.16. The molecule has 1 aliphatic rings. The fourth-order valence-corrected chi connectivity index (χ4v) is 5.92. The molecule has 2 heterocycles. The monoisotopic (exact) mass is 475 g/mol. The number of nitrogens with zero attached hydrogens (tertiary/aromatic N) is 2. The number of hydrogen-bond acceptors (Lipinski definition) is 5. The van der Waals surface area contributed by atoms with E-state index in [1.165, 1.54) is 12.6 Å². The average Bonchev–Trinajstić information content (AvgIpc) is 3.09. The van der Waals surface area contributed by atoms with Crippen molar-refractivity contribution in [3.8, 4) is 0 Å². The largest absolute Gasteiger partial charge is 0.462 e. The van der Waals surface area contributed by atoms with E-state index in [1.807, 2.05) is 18.2 Å². The number of carbonyl (C=O) groups is 2. The van der Waals surface area contributed by atoms with Gasteiger partial charge >= 0.3 is 5.97 Å². The predicted octanol–water partition coefficient (Wildman–Crippen LogP) is 2.91. The molecule has 1 aromatic heterocycles. The summed E-state index contributed by atoms with van der Waals surface area (Å²) in [6.45, 7) is 5.96. The fourth-order valence-electron chi connectivity index (χ4n) is 4.40. The van der Waals surface area contributed by atoms with E-state index < -0.39 is 16.0 Å². The zero-order valence-electron chi connectivity index (χ0n) is 19.8. The lowest BCUT2D eigenvalue weighted by Gasteiger charge is -2.33. The summed E-state index contributed by atoms with van der Waals surface area (Å²) < 4.78 is 32.7. The molecule has 0 unspecified atom stereocenters. The number of aromatic nitrogens is 1. The van der Waals surface area contributed by atoms with Crippen molar-refractivity contribution in [3.05, 3.63) is 52.8 Å². The number of nitrogens with one attached hydrogen (secondary N) is 1. The maximum Gasteiger partial charge on any atom is 0.341 e. The first kappa shape index (κ1) is 25.0. The van der Waals surface area contributed by atoms with Crippen molar-refractivity contribution in [1.82, 2.24) is 14.2 Å². The Labute approximate surface area is 196 Å². The highest BCUT2D eigenvalue weighted by Crippen LogP contribution is 2.27. The highest BCUT2D eigenvalue weighted by molar-refractivity contribution is 7.89. The predicted molar refractivity (Wildman–Crippen MR) is 125 cm³/mol. The van der Waals surface area contributed by atoms with Crippen molar-refractivity contribution in [1.29, 1.82) is 0 Å². The molecule has 1 aromatic carbocycles. The number of carbonyl (C=O) groups excluding carboxylic acids is 2. The Bertz CT molecular complexity index is 1090. The van der Waals surface area contributed by atoms with Gasteiger partial charge in [-0.3, -0.25) is 4.79 Å². The van der Waals surface area contributed by atoms with E-state index in [2.05, 4.69) is 17.1 Å². The molecule has 0 atom stereocenters. The van der Waals surface area contributed by atoms with Crippen molar-refractivity contribution in [2.45, 2.75) is 44.9 Å². The molecule has 1 amide bonds. The summed E-state index contributed by atoms with van der Waals surface area (Å²) in [6, 6.07) is 10.3. The molecule has 180 valence electrons. The maximum atomic E-state index is 13.3. The second-order valence-electron chi connectivity index (χ2n) is 8.57. The quantitative estimate of drug-likeness (QED) is 0.592. The third kappa shape index (κ3) is 5.65. The van der Waals surface area contributed by atoms with Crippen molar-refractivity contribution in [2.24, 2.45) is 5.92 Å². The first-order valence-corrected chi connectivity index (χ1v) is 12.7. The SMILES string of the molecule is CCOC(=O)c1c(C)[nH]c(C)c1S(=O)(=O)N(C)CC(=O)N1CCC(Cc2ccccc2)CC1. The Hall–Kier alpha value is -2.65. The summed E-state index contributed by atoms with van der Waals surface area (Å²) in [5.74, 6) is -0.421. The van der Waals surface area contributed by atoms with Gasteiger partial charge in [0.2, 0.25) is 15.9 Å². The van der Waals surface area contributed by atoms with Crippen LogP contribution >= 0.6 is 0 Å². The van der Waals surface area contributed by atoms with Gasteiger partial charge in [0.15, 0.2) is 0 Å². The molecule has 1 N–H and O–H groups in total. The van der Waals surface area contributed by atoms with Gasteiger partial charge in [-0.15, -0.1) is 0 Å². The lowest BCUT2D eigenvalue weighted by molar-refractivity contribution is -0.132. The minimum absolute atomic E-state index is 0.00428. The zero-order chi connectivity index (χ0) is 24.2. The summed E-state index contributed by atoms with van der Waals surface area (Å²) in [4.78, 5) is 29.8. The number of rotatable bonds is 8. The summed E-state index contributed by atoms with van der Waals surface area (Å²) >= 11 is 0. The number of piperidine rings is 1. The van der Waals surface area contributed by atoms with Crippen LogP contribution in [-0.4, -0.2) is 67.8 Å². The van der Waals surface area contributed by atoms with Gasteiger partial charge in [0.1, 0.15) is 10.5 Å². The number of likely N-dealkylation sites (tertiary alicyclic amines) is 1. The molecule has 2 aromatic rings. The Morgan fingerprint density at radius 2 is 1.76 bits per heavy atom. The van der Waals surface area contributed by atoms with Crippen molar-refractivity contribution in [2.75, 3.05) is 33.3 Å². The van der Waals surface area contributed by atoms with Crippen LogP contribution in [0.2, 0.25) is 0 Å². The van der Waals surface area contributed by atoms with Crippen LogP contribution in [-0.2, 0) is 26.0 Å². The number of ether oxygens (including phenoxy) is 1. The number of H-pyrrole nitrogens is 1. The molecule has 1 saturated heterocycles. The molecule has 8 nitrogen and oxygen atoms in total. The molecular weight excluding hydrogens is 442 g/mol. The second-order valence-corrected chi connectivity index (χ2v) is 10.6. The molecule has 3 rings (SSSR count). The third-order valence-corrected chi connectivity index (χ3v) is 8.13. The van der Waals surface area contributed by atoms with Crippen LogP contribution in [0.15, 0.2) is 35.2 Å². The van der Waals surface area contributed by atoms with Crippen LogP contribution in [0.5, 0.6) is 0 Å². The van der Waals surface area contributed by atoms with E-state index in [1.54, 1.807) is 25.7 Å². The van der Waals surface area contributed by atoms with Crippen molar-refractivity contribution in [3.63, 3.8) is 0 Å². The van der Waals surface area contributed by atoms with Crippen LogP contribution < -0.4 is 0 Å². The van der Waals surface area contributed by atoms with E-state index in [4.69, 9.17) is 4.74 Å². The first-order valence-electron chi connectivity index (χ1n) is 11.3. The summed E-state index contributed by atoms with van der Waals surface area (Å²) in [6.07, 6.45) is 2.76. The number of esters is 1. The zero-order valence-corrected chi connectivity index (χ0v) is 20.6. The standard InChI is InChI=1S/C24H33N3O5S/c1-5-32-24(29)22-17(2)25-18(3)23(22)33(30,31)26(4)16-21(28)27-13-11-20(12-14-27)15-19-9-7-6-8-10-19/h6-10,20,25H,5,11-16H2,1-4H3. The number of hydrogen-bond donors (Lipinski definition) is 1. The van der Waals surface area contributed by atoms with Crippen LogP contribution in [0.1, 0.15) is 47.1 Å². The lowest BCUT2D eigenvalue weighted by atomic mass is 9.90. The Balaban J connectivity index is 1.65. The Kier molecular flexibility index (Phi) is 7.97. The van der Waals surface area contributed by atoms with Gasteiger partial charge in [-0.05, 0) is 51.5 Å². The van der Waals surface area contributed by atoms with Gasteiger partial charge in [-0.25, -0.2) is 13.2 Å². The molecule has 1 aliphatic heterocycles. The van der Waals surface area contributed by atoms with E-state index in [0.29, 0.717) is 30.4 Å². The van der Waals surface area contributed by atoms with Crippen LogP contribution in [0.25, 0.3) is 0 Å². The van der Waals surface area contributed by atoms with E-state index >= 15 is 0 Å². The number of amides is 1. The summed E-state index contributed by atoms with van der Waals surface area (Å²) in [7, 11) is -2.71. The number of sulfonamides is 1. The number of likely N-dealkylation sites (N-methyl/N-ethyl adjacent to an activating group) is 1. The van der Waals surface area contributed by atoms with Gasteiger partial charge in [0.25, 0.3) is 0 Å². The van der Waals surface area contributed by atoms with Crippen molar-refractivity contribution < 1.29 is 22.7 Å². The smallest absolute Gasteiger partial charge is 0.341 e.